The molecule has 0 unspecified atom stereocenters. The van der Waals surface area contributed by atoms with Gasteiger partial charge < -0.3 is 13.7 Å². The van der Waals surface area contributed by atoms with Crippen molar-refractivity contribution in [2.75, 3.05) is 13.2 Å². The molecule has 0 radical (unpaired) electrons. The van der Waals surface area contributed by atoms with E-state index < -0.39 is 0 Å². The van der Waals surface area contributed by atoms with Crippen LogP contribution >= 0.6 is 0 Å². The third-order valence-electron chi connectivity index (χ3n) is 4.77. The van der Waals surface area contributed by atoms with Crippen LogP contribution < -0.4 is 0 Å². The smallest absolute Gasteiger partial charge is 0.126 e. The molecule has 1 saturated carbocycles. The van der Waals surface area contributed by atoms with Crippen LogP contribution in [0.5, 0.6) is 0 Å². The third kappa shape index (κ3) is 2.83. The highest BCUT2D eigenvalue weighted by atomic mass is 16.5. The van der Waals surface area contributed by atoms with Crippen LogP contribution in [-0.2, 0) is 24.4 Å². The summed E-state index contributed by atoms with van der Waals surface area (Å²) in [5.41, 5.74) is 2.44. The van der Waals surface area contributed by atoms with E-state index in [9.17, 15) is 0 Å². The van der Waals surface area contributed by atoms with Crippen molar-refractivity contribution in [3.8, 4) is 0 Å². The van der Waals surface area contributed by atoms with Crippen molar-refractivity contribution in [1.29, 1.82) is 0 Å². The first-order chi connectivity index (χ1) is 10.8. The Hall–Kier alpha value is -1.59. The van der Waals surface area contributed by atoms with Gasteiger partial charge in [-0.3, -0.25) is 4.90 Å². The standard InChI is InChI=1S/C17H23N3O2/c1-13-17-18-8-16(12-22-10-14-2-3-14)20(17)6-5-19(13)9-15-4-7-21-11-15/h4,7-8,11,13-14H,2-3,5-6,9-10,12H2,1H3/t13-/m0/s1. The van der Waals surface area contributed by atoms with Gasteiger partial charge in [-0.2, -0.15) is 0 Å². The minimum atomic E-state index is 0.320. The Labute approximate surface area is 130 Å². The van der Waals surface area contributed by atoms with Crippen molar-refractivity contribution >= 4 is 0 Å². The topological polar surface area (TPSA) is 43.4 Å². The van der Waals surface area contributed by atoms with Crippen LogP contribution in [0.1, 0.15) is 42.9 Å². The minimum absolute atomic E-state index is 0.320. The Kier molecular flexibility index (Phi) is 3.76. The van der Waals surface area contributed by atoms with Crippen molar-refractivity contribution in [3.05, 3.63) is 41.9 Å². The average molecular weight is 301 g/mol. The Morgan fingerprint density at radius 2 is 2.27 bits per heavy atom. The molecule has 0 amide bonds. The maximum atomic E-state index is 5.83. The zero-order chi connectivity index (χ0) is 14.9. The molecular weight excluding hydrogens is 278 g/mol. The van der Waals surface area contributed by atoms with E-state index in [-0.39, 0.29) is 0 Å². The summed E-state index contributed by atoms with van der Waals surface area (Å²) in [5, 5.41) is 0. The van der Waals surface area contributed by atoms with E-state index in [1.165, 1.54) is 24.1 Å². The molecule has 5 nitrogen and oxygen atoms in total. The van der Waals surface area contributed by atoms with Gasteiger partial charge in [-0.25, -0.2) is 4.98 Å². The first kappa shape index (κ1) is 14.0. The molecule has 2 aliphatic rings. The molecule has 118 valence electrons. The number of hydrogen-bond donors (Lipinski definition) is 0. The van der Waals surface area contributed by atoms with E-state index in [0.717, 1.165) is 38.0 Å². The zero-order valence-electron chi connectivity index (χ0n) is 13.1. The van der Waals surface area contributed by atoms with E-state index in [2.05, 4.69) is 21.4 Å². The van der Waals surface area contributed by atoms with Gasteiger partial charge in [0, 0.05) is 31.8 Å². The second kappa shape index (κ2) is 5.89. The molecule has 2 aromatic heterocycles. The highest BCUT2D eigenvalue weighted by Gasteiger charge is 2.27. The summed E-state index contributed by atoms with van der Waals surface area (Å²) >= 11 is 0. The lowest BCUT2D eigenvalue weighted by Crippen LogP contribution is -2.37. The van der Waals surface area contributed by atoms with Crippen LogP contribution in [0.15, 0.2) is 29.2 Å². The van der Waals surface area contributed by atoms with Gasteiger partial charge in [0.15, 0.2) is 0 Å². The Balaban J connectivity index is 1.42. The minimum Gasteiger partial charge on any atom is -0.472 e. The van der Waals surface area contributed by atoms with Gasteiger partial charge in [0.05, 0.1) is 37.1 Å². The second-order valence-corrected chi connectivity index (χ2v) is 6.50. The molecular formula is C17H23N3O2. The summed E-state index contributed by atoms with van der Waals surface area (Å²) in [6.45, 7) is 6.76. The molecule has 0 N–H and O–H groups in total. The predicted octanol–water partition coefficient (Wildman–Crippen LogP) is 2.98. The van der Waals surface area contributed by atoms with E-state index in [4.69, 9.17) is 9.15 Å². The lowest BCUT2D eigenvalue weighted by atomic mass is 10.2. The molecule has 0 aromatic carbocycles. The van der Waals surface area contributed by atoms with E-state index in [0.29, 0.717) is 12.6 Å². The number of aromatic nitrogens is 2. The number of imidazole rings is 1. The molecule has 1 aliphatic carbocycles. The van der Waals surface area contributed by atoms with Gasteiger partial charge in [-0.05, 0) is 31.7 Å². The molecule has 3 heterocycles. The van der Waals surface area contributed by atoms with Gasteiger partial charge in [-0.15, -0.1) is 0 Å². The molecule has 22 heavy (non-hydrogen) atoms. The first-order valence-corrected chi connectivity index (χ1v) is 8.18. The third-order valence-corrected chi connectivity index (χ3v) is 4.77. The van der Waals surface area contributed by atoms with Crippen molar-refractivity contribution in [3.63, 3.8) is 0 Å². The van der Waals surface area contributed by atoms with Gasteiger partial charge in [0.2, 0.25) is 0 Å². The highest BCUT2D eigenvalue weighted by molar-refractivity contribution is 5.12. The predicted molar refractivity (Wildman–Crippen MR) is 82.1 cm³/mol. The van der Waals surface area contributed by atoms with Crippen molar-refractivity contribution < 1.29 is 9.15 Å². The van der Waals surface area contributed by atoms with Crippen LogP contribution in [0.3, 0.4) is 0 Å². The van der Waals surface area contributed by atoms with Gasteiger partial charge >= 0.3 is 0 Å². The Morgan fingerprint density at radius 3 is 3.05 bits per heavy atom. The van der Waals surface area contributed by atoms with Crippen LogP contribution in [-0.4, -0.2) is 27.6 Å². The summed E-state index contributed by atoms with van der Waals surface area (Å²) in [5.74, 6) is 1.97. The average Bonchev–Trinajstić information content (AvgIpc) is 3.03. The summed E-state index contributed by atoms with van der Waals surface area (Å²) in [6.07, 6.45) is 8.22. The maximum absolute atomic E-state index is 5.83. The molecule has 1 aliphatic heterocycles. The quantitative estimate of drug-likeness (QED) is 0.822. The highest BCUT2D eigenvalue weighted by Crippen LogP contribution is 2.30. The van der Waals surface area contributed by atoms with Gasteiger partial charge in [0.1, 0.15) is 5.82 Å². The van der Waals surface area contributed by atoms with Crippen LogP contribution in [0, 0.1) is 5.92 Å². The molecule has 4 rings (SSSR count). The number of rotatable bonds is 6. The van der Waals surface area contributed by atoms with Crippen LogP contribution in [0.25, 0.3) is 0 Å². The fourth-order valence-corrected chi connectivity index (χ4v) is 3.17. The van der Waals surface area contributed by atoms with Crippen LogP contribution in [0.4, 0.5) is 0 Å². The second-order valence-electron chi connectivity index (χ2n) is 6.50. The number of ether oxygens (including phenoxy) is 1. The largest absolute Gasteiger partial charge is 0.472 e. The monoisotopic (exact) mass is 301 g/mol. The lowest BCUT2D eigenvalue weighted by molar-refractivity contribution is 0.101. The molecule has 1 fully saturated rings. The molecule has 1 atom stereocenters. The molecule has 2 aromatic rings. The Bertz CT molecular complexity index is 616. The normalized spacial score (nSPS) is 22.0. The SMILES string of the molecule is C[C@H]1c2ncc(COCC3CC3)n2CCN1Cc1ccoc1. The maximum Gasteiger partial charge on any atom is 0.126 e. The fraction of sp³-hybridized carbons (Fsp3) is 0.588. The van der Waals surface area contributed by atoms with E-state index in [1.54, 1.807) is 6.26 Å². The van der Waals surface area contributed by atoms with Crippen molar-refractivity contribution in [1.82, 2.24) is 14.5 Å². The summed E-state index contributed by atoms with van der Waals surface area (Å²) in [6, 6.07) is 2.35. The van der Waals surface area contributed by atoms with Gasteiger partial charge in [0.25, 0.3) is 0 Å². The fourth-order valence-electron chi connectivity index (χ4n) is 3.17. The molecule has 5 heteroatoms. The number of hydrogen-bond acceptors (Lipinski definition) is 4. The molecule has 0 saturated heterocycles. The molecule has 0 bridgehead atoms. The first-order valence-electron chi connectivity index (χ1n) is 8.18. The molecule has 0 spiro atoms. The number of furan rings is 1. The lowest BCUT2D eigenvalue weighted by Gasteiger charge is -2.34. The summed E-state index contributed by atoms with van der Waals surface area (Å²) < 4.78 is 13.3. The van der Waals surface area contributed by atoms with Crippen molar-refractivity contribution in [2.45, 2.75) is 45.5 Å². The van der Waals surface area contributed by atoms with Crippen molar-refractivity contribution in [2.24, 2.45) is 5.92 Å². The Morgan fingerprint density at radius 1 is 1.36 bits per heavy atom. The van der Waals surface area contributed by atoms with Crippen LogP contribution in [0.2, 0.25) is 0 Å². The van der Waals surface area contributed by atoms with E-state index in [1.807, 2.05) is 18.5 Å². The number of fused-ring (bicyclic) bond motifs is 1. The zero-order valence-corrected chi connectivity index (χ0v) is 13.1. The van der Waals surface area contributed by atoms with E-state index >= 15 is 0 Å². The summed E-state index contributed by atoms with van der Waals surface area (Å²) in [7, 11) is 0. The van der Waals surface area contributed by atoms with Gasteiger partial charge in [-0.1, -0.05) is 0 Å². The number of nitrogens with zero attached hydrogens (tertiary/aromatic N) is 3. The summed E-state index contributed by atoms with van der Waals surface area (Å²) in [4.78, 5) is 7.09.